The normalized spacial score (nSPS) is 12.4. The second kappa shape index (κ2) is 7.33. The fourth-order valence-corrected chi connectivity index (χ4v) is 3.18. The molecule has 0 bridgehead atoms. The highest BCUT2D eigenvalue weighted by atomic mass is 16.2. The Hall–Kier alpha value is -3.60. The molecule has 0 spiro atoms. The van der Waals surface area contributed by atoms with Crippen molar-refractivity contribution in [2.24, 2.45) is 0 Å². The summed E-state index contributed by atoms with van der Waals surface area (Å²) in [5, 5.41) is 5.96. The monoisotopic (exact) mass is 357 g/mol. The van der Waals surface area contributed by atoms with Gasteiger partial charge in [-0.25, -0.2) is 0 Å². The Morgan fingerprint density at radius 1 is 0.741 bits per heavy atom. The number of carbonyl (C=O) groups is 2. The standard InChI is InChI=1S/C22H19N3O2/c26-21(22(27)25-15-14-16-6-4-5-9-20(16)25)24-19-12-10-18(11-13-19)23-17-7-2-1-3-8-17/h1-13,23H,14-15H2,(H,24,26). The second-order valence-electron chi connectivity index (χ2n) is 6.36. The fraction of sp³-hybridized carbons (Fsp3) is 0.0909. The lowest BCUT2D eigenvalue weighted by Gasteiger charge is -2.16. The smallest absolute Gasteiger partial charge is 0.316 e. The van der Waals surface area contributed by atoms with Crippen molar-refractivity contribution in [3.63, 3.8) is 0 Å². The van der Waals surface area contributed by atoms with Gasteiger partial charge in [0.05, 0.1) is 0 Å². The summed E-state index contributed by atoms with van der Waals surface area (Å²) in [6.07, 6.45) is 0.773. The van der Waals surface area contributed by atoms with Gasteiger partial charge in [-0.05, 0) is 54.4 Å². The summed E-state index contributed by atoms with van der Waals surface area (Å²) < 4.78 is 0. The van der Waals surface area contributed by atoms with Gasteiger partial charge >= 0.3 is 11.8 Å². The van der Waals surface area contributed by atoms with Gasteiger partial charge < -0.3 is 15.5 Å². The SMILES string of the molecule is O=C(Nc1ccc(Nc2ccccc2)cc1)C(=O)N1CCc2ccccc21. The van der Waals surface area contributed by atoms with Crippen LogP contribution >= 0.6 is 0 Å². The summed E-state index contributed by atoms with van der Waals surface area (Å²) in [4.78, 5) is 26.4. The Balaban J connectivity index is 1.40. The van der Waals surface area contributed by atoms with Gasteiger partial charge in [0.25, 0.3) is 0 Å². The number of benzene rings is 3. The third-order valence-electron chi connectivity index (χ3n) is 4.53. The van der Waals surface area contributed by atoms with Crippen LogP contribution in [0.2, 0.25) is 0 Å². The van der Waals surface area contributed by atoms with Gasteiger partial charge in [0.1, 0.15) is 0 Å². The molecule has 134 valence electrons. The summed E-state index contributed by atoms with van der Waals surface area (Å²) in [7, 11) is 0. The van der Waals surface area contributed by atoms with Crippen molar-refractivity contribution in [1.82, 2.24) is 0 Å². The maximum atomic E-state index is 12.5. The average Bonchev–Trinajstić information content (AvgIpc) is 3.14. The van der Waals surface area contributed by atoms with Gasteiger partial charge in [-0.15, -0.1) is 0 Å². The molecule has 0 atom stereocenters. The highest BCUT2D eigenvalue weighted by Crippen LogP contribution is 2.27. The average molecular weight is 357 g/mol. The molecule has 0 aliphatic carbocycles. The molecule has 0 radical (unpaired) electrons. The largest absolute Gasteiger partial charge is 0.356 e. The van der Waals surface area contributed by atoms with Gasteiger partial charge in [0, 0.05) is 29.3 Å². The van der Waals surface area contributed by atoms with Gasteiger partial charge in [-0.1, -0.05) is 36.4 Å². The van der Waals surface area contributed by atoms with Crippen molar-refractivity contribution in [3.05, 3.63) is 84.4 Å². The van der Waals surface area contributed by atoms with Gasteiger partial charge in [-0.3, -0.25) is 9.59 Å². The van der Waals surface area contributed by atoms with Crippen LogP contribution in [0.25, 0.3) is 0 Å². The molecule has 27 heavy (non-hydrogen) atoms. The molecule has 0 unspecified atom stereocenters. The van der Waals surface area contributed by atoms with E-state index in [4.69, 9.17) is 0 Å². The van der Waals surface area contributed by atoms with E-state index in [-0.39, 0.29) is 0 Å². The van der Waals surface area contributed by atoms with E-state index in [1.165, 1.54) is 4.90 Å². The van der Waals surface area contributed by atoms with E-state index in [1.54, 1.807) is 12.1 Å². The lowest BCUT2D eigenvalue weighted by molar-refractivity contribution is -0.134. The summed E-state index contributed by atoms with van der Waals surface area (Å²) in [5.74, 6) is -1.16. The zero-order valence-corrected chi connectivity index (χ0v) is 14.7. The van der Waals surface area contributed by atoms with Gasteiger partial charge in [0.2, 0.25) is 0 Å². The molecule has 1 aliphatic rings. The second-order valence-corrected chi connectivity index (χ2v) is 6.36. The first kappa shape index (κ1) is 16.8. The number of carbonyl (C=O) groups excluding carboxylic acids is 2. The van der Waals surface area contributed by atoms with Gasteiger partial charge in [-0.2, -0.15) is 0 Å². The van der Waals surface area contributed by atoms with Crippen LogP contribution in [0.1, 0.15) is 5.56 Å². The van der Waals surface area contributed by atoms with E-state index in [1.807, 2.05) is 66.7 Å². The summed E-state index contributed by atoms with van der Waals surface area (Å²) in [6.45, 7) is 0.533. The minimum atomic E-state index is -0.629. The van der Waals surface area contributed by atoms with Crippen LogP contribution in [-0.2, 0) is 16.0 Å². The van der Waals surface area contributed by atoms with Crippen molar-refractivity contribution < 1.29 is 9.59 Å². The maximum absolute atomic E-state index is 12.5. The van der Waals surface area contributed by atoms with Crippen molar-refractivity contribution in [1.29, 1.82) is 0 Å². The lowest BCUT2D eigenvalue weighted by atomic mass is 10.2. The van der Waals surface area contributed by atoms with E-state index < -0.39 is 11.8 Å². The molecular formula is C22H19N3O2. The van der Waals surface area contributed by atoms with Crippen molar-refractivity contribution in [2.75, 3.05) is 22.1 Å². The number of amides is 2. The predicted octanol–water partition coefficient (Wildman–Crippen LogP) is 3.96. The Morgan fingerprint density at radius 2 is 1.37 bits per heavy atom. The summed E-state index contributed by atoms with van der Waals surface area (Å²) in [6, 6.07) is 24.8. The van der Waals surface area contributed by atoms with Crippen LogP contribution in [0.3, 0.4) is 0 Å². The molecule has 1 heterocycles. The van der Waals surface area contributed by atoms with Crippen LogP contribution in [0.5, 0.6) is 0 Å². The van der Waals surface area contributed by atoms with Gasteiger partial charge in [0.15, 0.2) is 0 Å². The fourth-order valence-electron chi connectivity index (χ4n) is 3.18. The van der Waals surface area contributed by atoms with Crippen LogP contribution in [-0.4, -0.2) is 18.4 Å². The van der Waals surface area contributed by atoms with E-state index in [2.05, 4.69) is 10.6 Å². The Kier molecular flexibility index (Phi) is 4.58. The van der Waals surface area contributed by atoms with Crippen molar-refractivity contribution >= 4 is 34.6 Å². The summed E-state index contributed by atoms with van der Waals surface area (Å²) >= 11 is 0. The van der Waals surface area contributed by atoms with Crippen molar-refractivity contribution in [2.45, 2.75) is 6.42 Å². The Bertz CT molecular complexity index is 968. The molecule has 0 saturated carbocycles. The molecule has 1 aliphatic heterocycles. The van der Waals surface area contributed by atoms with E-state index >= 15 is 0 Å². The first-order valence-electron chi connectivity index (χ1n) is 8.83. The molecule has 0 saturated heterocycles. The van der Waals surface area contributed by atoms with Crippen LogP contribution in [0.15, 0.2) is 78.9 Å². The lowest BCUT2D eigenvalue weighted by Crippen LogP contribution is -2.38. The molecule has 2 N–H and O–H groups in total. The number of nitrogens with zero attached hydrogens (tertiary/aromatic N) is 1. The number of para-hydroxylation sites is 2. The molecule has 0 aromatic heterocycles. The highest BCUT2D eigenvalue weighted by Gasteiger charge is 2.28. The molecule has 2 amide bonds. The molecule has 4 rings (SSSR count). The number of hydrogen-bond donors (Lipinski definition) is 2. The third kappa shape index (κ3) is 3.67. The highest BCUT2D eigenvalue weighted by molar-refractivity contribution is 6.44. The first-order chi connectivity index (χ1) is 13.2. The molecule has 3 aromatic carbocycles. The number of nitrogens with one attached hydrogen (secondary N) is 2. The quantitative estimate of drug-likeness (QED) is 0.698. The summed E-state index contributed by atoms with van der Waals surface area (Å²) in [5.41, 5.74) is 4.38. The zero-order chi connectivity index (χ0) is 18.6. The molecular weight excluding hydrogens is 338 g/mol. The van der Waals surface area contributed by atoms with Crippen LogP contribution in [0.4, 0.5) is 22.7 Å². The van der Waals surface area contributed by atoms with E-state index in [0.717, 1.165) is 29.0 Å². The zero-order valence-electron chi connectivity index (χ0n) is 14.7. The Labute approximate surface area is 157 Å². The maximum Gasteiger partial charge on any atom is 0.316 e. The number of fused-ring (bicyclic) bond motifs is 1. The number of rotatable bonds is 3. The number of hydrogen-bond acceptors (Lipinski definition) is 3. The Morgan fingerprint density at radius 3 is 2.15 bits per heavy atom. The topological polar surface area (TPSA) is 61.4 Å². The van der Waals surface area contributed by atoms with E-state index in [9.17, 15) is 9.59 Å². The number of anilines is 4. The van der Waals surface area contributed by atoms with Crippen LogP contribution in [0, 0.1) is 0 Å². The molecule has 0 fully saturated rings. The van der Waals surface area contributed by atoms with Crippen molar-refractivity contribution in [3.8, 4) is 0 Å². The predicted molar refractivity (Wildman–Crippen MR) is 107 cm³/mol. The minimum absolute atomic E-state index is 0.533. The molecule has 5 heteroatoms. The van der Waals surface area contributed by atoms with Crippen LogP contribution < -0.4 is 15.5 Å². The minimum Gasteiger partial charge on any atom is -0.356 e. The first-order valence-corrected chi connectivity index (χ1v) is 8.83. The molecule has 3 aromatic rings. The molecule has 5 nitrogen and oxygen atoms in total. The third-order valence-corrected chi connectivity index (χ3v) is 4.53. The van der Waals surface area contributed by atoms with E-state index in [0.29, 0.717) is 12.2 Å².